The second-order valence-corrected chi connectivity index (χ2v) is 9.55. The Kier molecular flexibility index (Phi) is 20.3. The maximum Gasteiger partial charge on any atom is 0.281 e. The summed E-state index contributed by atoms with van der Waals surface area (Å²) in [5, 5.41) is 3.12. The van der Waals surface area contributed by atoms with Crippen LogP contribution in [0.15, 0.2) is 0 Å². The number of hydrogen-bond acceptors (Lipinski definition) is 6. The van der Waals surface area contributed by atoms with Crippen LogP contribution in [0.1, 0.15) is 93.4 Å². The third kappa shape index (κ3) is 16.7. The van der Waals surface area contributed by atoms with Crippen LogP contribution in [0, 0.1) is 11.3 Å². The molecular weight excluding hydrogens is 420 g/mol. The summed E-state index contributed by atoms with van der Waals surface area (Å²) in [6.07, 6.45) is 8.48. The van der Waals surface area contributed by atoms with Gasteiger partial charge in [-0.2, -0.15) is 0 Å². The molecule has 2 fully saturated rings. The van der Waals surface area contributed by atoms with Gasteiger partial charge in [-0.05, 0) is 30.6 Å². The van der Waals surface area contributed by atoms with Gasteiger partial charge in [0.1, 0.15) is 0 Å². The van der Waals surface area contributed by atoms with Crippen molar-refractivity contribution in [3.63, 3.8) is 0 Å². The van der Waals surface area contributed by atoms with Crippen LogP contribution in [0.3, 0.4) is 0 Å². The molecule has 5 N–H and O–H groups in total. The molecule has 0 radical (unpaired) electrons. The predicted molar refractivity (Wildman–Crippen MR) is 136 cm³/mol. The molecule has 33 heavy (non-hydrogen) atoms. The van der Waals surface area contributed by atoms with Gasteiger partial charge in [0.15, 0.2) is 0 Å². The number of carbonyl (C=O) groups excluding carboxylic acids is 3. The lowest BCUT2D eigenvalue weighted by Crippen LogP contribution is -2.46. The van der Waals surface area contributed by atoms with E-state index in [0.29, 0.717) is 13.3 Å². The quantitative estimate of drug-likeness (QED) is 0.349. The van der Waals surface area contributed by atoms with Crippen molar-refractivity contribution < 1.29 is 19.1 Å². The third-order valence-corrected chi connectivity index (χ3v) is 5.53. The molecule has 2 aliphatic rings. The summed E-state index contributed by atoms with van der Waals surface area (Å²) in [5.41, 5.74) is 10.4. The Balaban J connectivity index is 0. The van der Waals surface area contributed by atoms with Crippen LogP contribution in [-0.4, -0.2) is 61.5 Å². The van der Waals surface area contributed by atoms with Crippen LogP contribution in [-0.2, 0) is 19.1 Å². The Morgan fingerprint density at radius 2 is 1.70 bits per heavy atom. The number of likely N-dealkylation sites (tertiary alicyclic amines) is 1. The minimum atomic E-state index is -0.926. The molecule has 8 nitrogen and oxygen atoms in total. The second kappa shape index (κ2) is 19.9. The van der Waals surface area contributed by atoms with Crippen molar-refractivity contribution in [3.05, 3.63) is 0 Å². The van der Waals surface area contributed by atoms with E-state index in [1.807, 2.05) is 13.8 Å². The van der Waals surface area contributed by atoms with Crippen LogP contribution in [0.2, 0.25) is 0 Å². The van der Waals surface area contributed by atoms with Crippen molar-refractivity contribution in [1.29, 1.82) is 0 Å². The molecule has 1 aliphatic carbocycles. The lowest BCUT2D eigenvalue weighted by atomic mass is 9.83. The third-order valence-electron chi connectivity index (χ3n) is 5.53. The molecule has 1 saturated heterocycles. The molecule has 0 aromatic rings. The van der Waals surface area contributed by atoms with E-state index in [-0.39, 0.29) is 29.7 Å². The first kappa shape index (κ1) is 33.7. The molecule has 0 spiro atoms. The van der Waals surface area contributed by atoms with Gasteiger partial charge in [-0.15, -0.1) is 0 Å². The number of aldehydes is 1. The van der Waals surface area contributed by atoms with Gasteiger partial charge >= 0.3 is 0 Å². The average molecular weight is 473 g/mol. The lowest BCUT2D eigenvalue weighted by Gasteiger charge is -2.29. The van der Waals surface area contributed by atoms with Crippen molar-refractivity contribution in [1.82, 2.24) is 10.2 Å². The second-order valence-electron chi connectivity index (χ2n) is 9.55. The SMILES string of the molecule is CC.CC(C)(C)C(N)COCN1CCC[C@H]1C(=O)NCCC1CCC1.CCC.NC(=O)C=O. The number of amides is 2. The molecule has 0 bridgehead atoms. The summed E-state index contributed by atoms with van der Waals surface area (Å²) in [4.78, 5) is 32.8. The van der Waals surface area contributed by atoms with Gasteiger partial charge in [-0.3, -0.25) is 19.3 Å². The molecule has 2 rings (SSSR count). The molecule has 2 atom stereocenters. The number of rotatable bonds is 9. The molecule has 8 heteroatoms. The smallest absolute Gasteiger partial charge is 0.281 e. The van der Waals surface area contributed by atoms with E-state index in [1.165, 1.54) is 25.7 Å². The molecule has 0 aromatic heterocycles. The monoisotopic (exact) mass is 472 g/mol. The number of ether oxygens (including phenoxy) is 1. The standard InChI is InChI=1S/C18H35N3O2.C3H8.C2H3NO2.C2H6/c1-18(2,3)16(19)12-23-13-21-11-5-8-15(21)17(22)20-10-9-14-6-4-7-14;1-3-2;3-2(5)1-4;1-2/h14-16H,4-13,19H2,1-3H3,(H,20,22);3H2,1-2H3;1H,(H2,3,5);1-2H3/t15-,16?;;;/m0.../s1. The van der Waals surface area contributed by atoms with Crippen molar-refractivity contribution in [2.24, 2.45) is 22.8 Å². The van der Waals surface area contributed by atoms with Gasteiger partial charge in [-0.25, -0.2) is 0 Å². The minimum absolute atomic E-state index is 0.0138. The molecule has 1 saturated carbocycles. The normalized spacial score (nSPS) is 18.7. The summed E-state index contributed by atoms with van der Waals surface area (Å²) in [7, 11) is 0. The number of primary amides is 1. The highest BCUT2D eigenvalue weighted by atomic mass is 16.5. The summed E-state index contributed by atoms with van der Waals surface area (Å²) >= 11 is 0. The summed E-state index contributed by atoms with van der Waals surface area (Å²) in [5.74, 6) is 0.0905. The Labute approximate surface area is 202 Å². The number of nitrogens with two attached hydrogens (primary N) is 2. The van der Waals surface area contributed by atoms with E-state index < -0.39 is 5.91 Å². The van der Waals surface area contributed by atoms with Gasteiger partial charge in [0.2, 0.25) is 12.2 Å². The summed E-state index contributed by atoms with van der Waals surface area (Å²) in [6.45, 7) is 17.4. The van der Waals surface area contributed by atoms with E-state index in [1.54, 1.807) is 0 Å². The Bertz CT molecular complexity index is 519. The largest absolute Gasteiger partial charge is 0.364 e. The highest BCUT2D eigenvalue weighted by Crippen LogP contribution is 2.28. The molecular formula is C25H52N4O4. The van der Waals surface area contributed by atoms with Crippen molar-refractivity contribution >= 4 is 18.1 Å². The Morgan fingerprint density at radius 3 is 2.12 bits per heavy atom. The Morgan fingerprint density at radius 1 is 1.15 bits per heavy atom. The molecule has 1 unspecified atom stereocenters. The van der Waals surface area contributed by atoms with E-state index in [9.17, 15) is 9.59 Å². The predicted octanol–water partition coefficient (Wildman–Crippen LogP) is 3.22. The van der Waals surface area contributed by atoms with E-state index in [2.05, 4.69) is 50.6 Å². The van der Waals surface area contributed by atoms with Crippen molar-refractivity contribution in [2.45, 2.75) is 105 Å². The van der Waals surface area contributed by atoms with Crippen LogP contribution in [0.5, 0.6) is 0 Å². The van der Waals surface area contributed by atoms with Crippen LogP contribution in [0.25, 0.3) is 0 Å². The minimum Gasteiger partial charge on any atom is -0.364 e. The van der Waals surface area contributed by atoms with Gasteiger partial charge in [0.25, 0.3) is 5.91 Å². The van der Waals surface area contributed by atoms with E-state index >= 15 is 0 Å². The fourth-order valence-corrected chi connectivity index (χ4v) is 3.12. The zero-order chi connectivity index (χ0) is 25.9. The topological polar surface area (TPSA) is 128 Å². The molecule has 0 aromatic carbocycles. The molecule has 2 amide bonds. The zero-order valence-electron chi connectivity index (χ0n) is 22.3. The lowest BCUT2D eigenvalue weighted by molar-refractivity contribution is -0.129. The van der Waals surface area contributed by atoms with E-state index in [0.717, 1.165) is 38.3 Å². The van der Waals surface area contributed by atoms with Gasteiger partial charge < -0.3 is 21.5 Å². The van der Waals surface area contributed by atoms with Gasteiger partial charge in [-0.1, -0.05) is 74.1 Å². The number of nitrogens with zero attached hydrogens (tertiary/aromatic N) is 1. The number of hydrogen-bond donors (Lipinski definition) is 3. The number of nitrogens with one attached hydrogen (secondary N) is 1. The van der Waals surface area contributed by atoms with Gasteiger partial charge in [0, 0.05) is 19.1 Å². The fraction of sp³-hybridized carbons (Fsp3) is 0.880. The molecule has 1 aliphatic heterocycles. The zero-order valence-corrected chi connectivity index (χ0v) is 22.3. The van der Waals surface area contributed by atoms with E-state index in [4.69, 9.17) is 15.3 Å². The summed E-state index contributed by atoms with van der Waals surface area (Å²) < 4.78 is 5.78. The maximum absolute atomic E-state index is 12.4. The first-order valence-electron chi connectivity index (χ1n) is 12.7. The summed E-state index contributed by atoms with van der Waals surface area (Å²) in [6, 6.07) is -0.0119. The number of carbonyl (C=O) groups is 3. The van der Waals surface area contributed by atoms with Crippen molar-refractivity contribution in [3.8, 4) is 0 Å². The maximum atomic E-state index is 12.4. The van der Waals surface area contributed by atoms with Crippen molar-refractivity contribution in [2.75, 3.05) is 26.4 Å². The first-order valence-corrected chi connectivity index (χ1v) is 12.7. The average Bonchev–Trinajstić information content (AvgIpc) is 3.20. The van der Waals surface area contributed by atoms with Gasteiger partial charge in [0.05, 0.1) is 19.4 Å². The first-order chi connectivity index (χ1) is 15.6. The Hall–Kier alpha value is -1.51. The van der Waals surface area contributed by atoms with Crippen LogP contribution in [0.4, 0.5) is 0 Å². The highest BCUT2D eigenvalue weighted by molar-refractivity contribution is 6.22. The van der Waals surface area contributed by atoms with Crippen LogP contribution >= 0.6 is 0 Å². The molecule has 196 valence electrons. The fourth-order valence-electron chi connectivity index (χ4n) is 3.12. The van der Waals surface area contributed by atoms with Crippen LogP contribution < -0.4 is 16.8 Å². The highest BCUT2D eigenvalue weighted by Gasteiger charge is 2.31. The molecule has 1 heterocycles.